The molecular weight excluding hydrogens is 416 g/mol. The van der Waals surface area contributed by atoms with Gasteiger partial charge in [-0.05, 0) is 69.9 Å². The summed E-state index contributed by atoms with van der Waals surface area (Å²) < 4.78 is 1.05. The molecule has 0 bridgehead atoms. The van der Waals surface area contributed by atoms with Gasteiger partial charge in [-0.2, -0.15) is 4.98 Å². The zero-order valence-electron chi connectivity index (χ0n) is 16.4. The summed E-state index contributed by atoms with van der Waals surface area (Å²) in [6.07, 6.45) is 2.78. The lowest BCUT2D eigenvalue weighted by Crippen LogP contribution is -2.17. The Hall–Kier alpha value is -2.51. The fourth-order valence-electron chi connectivity index (χ4n) is 2.74. The Bertz CT molecular complexity index is 914. The topological polar surface area (TPSA) is 66.0 Å². The Morgan fingerprint density at radius 3 is 2.61 bits per heavy atom. The van der Waals surface area contributed by atoms with Crippen LogP contribution in [0.25, 0.3) is 11.4 Å². The molecule has 0 saturated carbocycles. The highest BCUT2D eigenvalue weighted by Crippen LogP contribution is 2.26. The van der Waals surface area contributed by atoms with Gasteiger partial charge in [-0.15, -0.1) is 0 Å². The molecule has 2 heterocycles. The third-order valence-corrected chi connectivity index (χ3v) is 4.66. The van der Waals surface area contributed by atoms with Gasteiger partial charge in [-0.3, -0.25) is 4.98 Å². The predicted octanol–water partition coefficient (Wildman–Crippen LogP) is 4.72. The smallest absolute Gasteiger partial charge is 0.225 e. The molecule has 0 unspecified atom stereocenters. The van der Waals surface area contributed by atoms with Gasteiger partial charge < -0.3 is 15.5 Å². The lowest BCUT2D eigenvalue weighted by Gasteiger charge is -2.13. The van der Waals surface area contributed by atoms with E-state index in [0.29, 0.717) is 5.95 Å². The van der Waals surface area contributed by atoms with E-state index in [1.54, 1.807) is 6.20 Å². The molecule has 0 aliphatic rings. The van der Waals surface area contributed by atoms with Gasteiger partial charge in [0.05, 0.1) is 11.4 Å². The summed E-state index contributed by atoms with van der Waals surface area (Å²) in [7, 11) is 4.14. The second-order valence-corrected chi connectivity index (χ2v) is 7.76. The SMILES string of the molecule is Cc1cc(Br)ccc1Nc1cc(-c2ccccn2)nc(NCCCN(C)C)n1. The highest BCUT2D eigenvalue weighted by molar-refractivity contribution is 9.10. The second-order valence-electron chi connectivity index (χ2n) is 6.84. The molecule has 0 radical (unpaired) electrons. The Balaban J connectivity index is 1.86. The fourth-order valence-corrected chi connectivity index (χ4v) is 3.21. The summed E-state index contributed by atoms with van der Waals surface area (Å²) in [5.74, 6) is 1.33. The molecule has 0 amide bonds. The summed E-state index contributed by atoms with van der Waals surface area (Å²) in [6, 6.07) is 13.9. The first-order valence-corrected chi connectivity index (χ1v) is 10.0. The van der Waals surface area contributed by atoms with Crippen molar-refractivity contribution in [3.8, 4) is 11.4 Å². The van der Waals surface area contributed by atoms with E-state index in [1.165, 1.54) is 0 Å². The van der Waals surface area contributed by atoms with E-state index in [2.05, 4.69) is 73.5 Å². The second kappa shape index (κ2) is 9.61. The minimum atomic E-state index is 0.596. The highest BCUT2D eigenvalue weighted by atomic mass is 79.9. The van der Waals surface area contributed by atoms with Gasteiger partial charge in [0.1, 0.15) is 5.82 Å². The minimum absolute atomic E-state index is 0.596. The van der Waals surface area contributed by atoms with Crippen LogP contribution < -0.4 is 10.6 Å². The van der Waals surface area contributed by atoms with Crippen molar-refractivity contribution < 1.29 is 0 Å². The maximum absolute atomic E-state index is 4.65. The van der Waals surface area contributed by atoms with Crippen molar-refractivity contribution in [2.75, 3.05) is 37.8 Å². The van der Waals surface area contributed by atoms with Crippen LogP contribution in [0.1, 0.15) is 12.0 Å². The number of nitrogens with zero attached hydrogens (tertiary/aromatic N) is 4. The molecule has 0 spiro atoms. The number of halogens is 1. The van der Waals surface area contributed by atoms with Crippen molar-refractivity contribution in [2.45, 2.75) is 13.3 Å². The van der Waals surface area contributed by atoms with Crippen molar-refractivity contribution in [1.82, 2.24) is 19.9 Å². The van der Waals surface area contributed by atoms with E-state index in [9.17, 15) is 0 Å². The van der Waals surface area contributed by atoms with Crippen molar-refractivity contribution in [3.05, 3.63) is 58.7 Å². The minimum Gasteiger partial charge on any atom is -0.354 e. The van der Waals surface area contributed by atoms with E-state index < -0.39 is 0 Å². The Kier molecular flexibility index (Phi) is 6.95. The van der Waals surface area contributed by atoms with E-state index in [-0.39, 0.29) is 0 Å². The number of hydrogen-bond donors (Lipinski definition) is 2. The molecule has 0 fully saturated rings. The van der Waals surface area contributed by atoms with Crippen LogP contribution in [0.3, 0.4) is 0 Å². The average molecular weight is 441 g/mol. The Morgan fingerprint density at radius 1 is 1.04 bits per heavy atom. The van der Waals surface area contributed by atoms with E-state index in [1.807, 2.05) is 36.4 Å². The van der Waals surface area contributed by atoms with E-state index >= 15 is 0 Å². The molecule has 7 heteroatoms. The zero-order chi connectivity index (χ0) is 19.9. The molecule has 3 aromatic rings. The van der Waals surface area contributed by atoms with Crippen LogP contribution >= 0.6 is 15.9 Å². The molecule has 0 aliphatic carbocycles. The first-order valence-electron chi connectivity index (χ1n) is 9.23. The van der Waals surface area contributed by atoms with Crippen molar-refractivity contribution in [1.29, 1.82) is 0 Å². The van der Waals surface area contributed by atoms with Crippen LogP contribution in [0.2, 0.25) is 0 Å². The lowest BCUT2D eigenvalue weighted by molar-refractivity contribution is 0.405. The maximum Gasteiger partial charge on any atom is 0.225 e. The molecule has 0 aliphatic heterocycles. The molecule has 146 valence electrons. The van der Waals surface area contributed by atoms with Gasteiger partial charge in [0.15, 0.2) is 0 Å². The summed E-state index contributed by atoms with van der Waals surface area (Å²) in [4.78, 5) is 15.9. The Morgan fingerprint density at radius 2 is 1.89 bits per heavy atom. The van der Waals surface area contributed by atoms with Crippen LogP contribution in [-0.2, 0) is 0 Å². The molecule has 2 aromatic heterocycles. The van der Waals surface area contributed by atoms with Gasteiger partial charge in [0, 0.05) is 29.0 Å². The summed E-state index contributed by atoms with van der Waals surface area (Å²) in [5.41, 5.74) is 3.74. The van der Waals surface area contributed by atoms with Crippen LogP contribution in [0.15, 0.2) is 53.1 Å². The van der Waals surface area contributed by atoms with E-state index in [0.717, 1.165) is 52.4 Å². The normalized spacial score (nSPS) is 10.9. The van der Waals surface area contributed by atoms with Crippen molar-refractivity contribution in [3.63, 3.8) is 0 Å². The molecule has 0 saturated heterocycles. The third kappa shape index (κ3) is 5.74. The summed E-state index contributed by atoms with van der Waals surface area (Å²) >= 11 is 3.51. The van der Waals surface area contributed by atoms with Crippen LogP contribution in [0.5, 0.6) is 0 Å². The predicted molar refractivity (Wildman–Crippen MR) is 119 cm³/mol. The lowest BCUT2D eigenvalue weighted by atomic mass is 10.2. The molecule has 3 rings (SSSR count). The third-order valence-electron chi connectivity index (χ3n) is 4.17. The number of benzene rings is 1. The molecule has 2 N–H and O–H groups in total. The quantitative estimate of drug-likeness (QED) is 0.494. The molecule has 0 atom stereocenters. The van der Waals surface area contributed by atoms with Gasteiger partial charge in [-0.25, -0.2) is 4.98 Å². The van der Waals surface area contributed by atoms with Crippen LogP contribution in [0, 0.1) is 6.92 Å². The Labute approximate surface area is 174 Å². The first-order chi connectivity index (χ1) is 13.5. The van der Waals surface area contributed by atoms with Crippen molar-refractivity contribution in [2.24, 2.45) is 0 Å². The average Bonchev–Trinajstić information content (AvgIpc) is 2.68. The van der Waals surface area contributed by atoms with E-state index in [4.69, 9.17) is 0 Å². The van der Waals surface area contributed by atoms with Gasteiger partial charge in [-0.1, -0.05) is 22.0 Å². The number of aryl methyl sites for hydroxylation is 1. The van der Waals surface area contributed by atoms with Crippen LogP contribution in [0.4, 0.5) is 17.5 Å². The number of nitrogens with one attached hydrogen (secondary N) is 2. The van der Waals surface area contributed by atoms with Crippen molar-refractivity contribution >= 4 is 33.4 Å². The monoisotopic (exact) mass is 440 g/mol. The first kappa shape index (κ1) is 20.2. The largest absolute Gasteiger partial charge is 0.354 e. The molecule has 28 heavy (non-hydrogen) atoms. The maximum atomic E-state index is 4.65. The number of hydrogen-bond acceptors (Lipinski definition) is 6. The zero-order valence-corrected chi connectivity index (χ0v) is 18.0. The molecule has 1 aromatic carbocycles. The summed E-state index contributed by atoms with van der Waals surface area (Å²) in [6.45, 7) is 3.88. The molecule has 6 nitrogen and oxygen atoms in total. The van der Waals surface area contributed by atoms with Crippen LogP contribution in [-0.4, -0.2) is 47.0 Å². The van der Waals surface area contributed by atoms with Gasteiger partial charge in [0.2, 0.25) is 5.95 Å². The van der Waals surface area contributed by atoms with Gasteiger partial charge >= 0.3 is 0 Å². The number of rotatable bonds is 8. The summed E-state index contributed by atoms with van der Waals surface area (Å²) in [5, 5.41) is 6.75. The fraction of sp³-hybridized carbons (Fsp3) is 0.286. The highest BCUT2D eigenvalue weighted by Gasteiger charge is 2.09. The van der Waals surface area contributed by atoms with Gasteiger partial charge in [0.25, 0.3) is 0 Å². The number of anilines is 3. The number of pyridine rings is 1. The standard InChI is InChI=1S/C21H25BrN6/c1-15-13-16(22)8-9-17(15)25-20-14-19(18-7-4-5-10-23-18)26-21(27-20)24-11-6-12-28(2)3/h4-5,7-10,13-14H,6,11-12H2,1-3H3,(H2,24,25,26,27). The molecular formula is C21H25BrN6. The number of aromatic nitrogens is 3.